The van der Waals surface area contributed by atoms with E-state index in [1.165, 1.54) is 12.1 Å². The van der Waals surface area contributed by atoms with E-state index in [1.54, 1.807) is 24.3 Å². The predicted octanol–water partition coefficient (Wildman–Crippen LogP) is 3.46. The van der Waals surface area contributed by atoms with Gasteiger partial charge in [-0.05, 0) is 29.8 Å². The molecule has 0 saturated heterocycles. The highest BCUT2D eigenvalue weighted by Crippen LogP contribution is 2.12. The van der Waals surface area contributed by atoms with Crippen molar-refractivity contribution < 1.29 is 18.7 Å². The molecule has 0 aliphatic rings. The Bertz CT molecular complexity index is 761. The largest absolute Gasteiger partial charge is 0.452 e. The quantitative estimate of drug-likeness (QED) is 0.605. The van der Waals surface area contributed by atoms with Gasteiger partial charge in [-0.15, -0.1) is 0 Å². The molecular formula is C18H15BrFNO3. The number of hydrogen-bond donors (Lipinski definition) is 1. The van der Waals surface area contributed by atoms with Crippen LogP contribution in [0.3, 0.4) is 0 Å². The highest BCUT2D eigenvalue weighted by atomic mass is 79.9. The molecule has 0 spiro atoms. The van der Waals surface area contributed by atoms with Crippen molar-refractivity contribution in [1.29, 1.82) is 0 Å². The van der Waals surface area contributed by atoms with Crippen molar-refractivity contribution in [2.45, 2.75) is 6.54 Å². The molecule has 0 heterocycles. The molecule has 0 aromatic heterocycles. The maximum atomic E-state index is 13.4. The highest BCUT2D eigenvalue weighted by molar-refractivity contribution is 9.10. The second-order valence-corrected chi connectivity index (χ2v) is 5.78. The zero-order valence-electron chi connectivity index (χ0n) is 12.7. The van der Waals surface area contributed by atoms with Crippen LogP contribution in [0.5, 0.6) is 0 Å². The molecule has 0 saturated carbocycles. The van der Waals surface area contributed by atoms with Gasteiger partial charge in [0.2, 0.25) is 0 Å². The van der Waals surface area contributed by atoms with Crippen LogP contribution in [0.25, 0.3) is 6.08 Å². The van der Waals surface area contributed by atoms with Crippen LogP contribution in [0, 0.1) is 5.82 Å². The first kappa shape index (κ1) is 17.9. The average Bonchev–Trinajstić information content (AvgIpc) is 2.57. The van der Waals surface area contributed by atoms with E-state index in [0.717, 1.165) is 10.0 Å². The summed E-state index contributed by atoms with van der Waals surface area (Å²) in [5, 5.41) is 2.49. The third-order valence-corrected chi connectivity index (χ3v) is 3.53. The summed E-state index contributed by atoms with van der Waals surface area (Å²) in [4.78, 5) is 23.2. The minimum atomic E-state index is -0.629. The van der Waals surface area contributed by atoms with Crippen LogP contribution in [-0.4, -0.2) is 18.5 Å². The smallest absolute Gasteiger partial charge is 0.331 e. The number of ether oxygens (including phenoxy) is 1. The zero-order chi connectivity index (χ0) is 17.4. The summed E-state index contributed by atoms with van der Waals surface area (Å²) in [5.41, 5.74) is 1.19. The lowest BCUT2D eigenvalue weighted by molar-refractivity contribution is -0.143. The van der Waals surface area contributed by atoms with Crippen LogP contribution in [0.1, 0.15) is 11.1 Å². The van der Waals surface area contributed by atoms with Gasteiger partial charge in [0, 0.05) is 22.7 Å². The molecule has 1 N–H and O–H groups in total. The van der Waals surface area contributed by atoms with Gasteiger partial charge in [0.25, 0.3) is 5.91 Å². The van der Waals surface area contributed by atoms with Gasteiger partial charge in [0.15, 0.2) is 6.61 Å². The normalized spacial score (nSPS) is 10.6. The van der Waals surface area contributed by atoms with Gasteiger partial charge in [-0.25, -0.2) is 9.18 Å². The van der Waals surface area contributed by atoms with Gasteiger partial charge in [0.1, 0.15) is 5.82 Å². The minimum absolute atomic E-state index is 0.0386. The Balaban J connectivity index is 1.75. The van der Waals surface area contributed by atoms with E-state index in [2.05, 4.69) is 21.2 Å². The molecule has 2 aromatic rings. The summed E-state index contributed by atoms with van der Waals surface area (Å²) in [6.45, 7) is -0.382. The summed E-state index contributed by atoms with van der Waals surface area (Å²) in [7, 11) is 0. The van der Waals surface area contributed by atoms with Crippen LogP contribution in [0.15, 0.2) is 59.1 Å². The molecule has 124 valence electrons. The first-order valence-corrected chi connectivity index (χ1v) is 7.94. The Morgan fingerprint density at radius 1 is 1.17 bits per heavy atom. The Morgan fingerprint density at radius 2 is 1.96 bits per heavy atom. The number of amides is 1. The minimum Gasteiger partial charge on any atom is -0.452 e. The van der Waals surface area contributed by atoms with Crippen molar-refractivity contribution in [3.63, 3.8) is 0 Å². The topological polar surface area (TPSA) is 55.4 Å². The van der Waals surface area contributed by atoms with Crippen LogP contribution in [0.2, 0.25) is 0 Å². The van der Waals surface area contributed by atoms with Gasteiger partial charge in [-0.3, -0.25) is 4.79 Å². The fourth-order valence-electron chi connectivity index (χ4n) is 1.85. The summed E-state index contributed by atoms with van der Waals surface area (Å²) < 4.78 is 19.1. The standard InChI is InChI=1S/C18H15BrFNO3/c19-15-6-3-4-13(10-15)8-9-18(23)24-12-17(22)21-11-14-5-1-2-7-16(14)20/h1-10H,11-12H2,(H,21,22)/b9-8+. The van der Waals surface area contributed by atoms with E-state index in [0.29, 0.717) is 5.56 Å². The Hall–Kier alpha value is -2.47. The molecule has 2 rings (SSSR count). The lowest BCUT2D eigenvalue weighted by atomic mass is 10.2. The van der Waals surface area contributed by atoms with Crippen molar-refractivity contribution in [3.8, 4) is 0 Å². The lowest BCUT2D eigenvalue weighted by Gasteiger charge is -2.06. The number of rotatable bonds is 6. The number of carbonyl (C=O) groups is 2. The Morgan fingerprint density at radius 3 is 2.71 bits per heavy atom. The van der Waals surface area contributed by atoms with Crippen LogP contribution >= 0.6 is 15.9 Å². The van der Waals surface area contributed by atoms with E-state index in [4.69, 9.17) is 4.74 Å². The highest BCUT2D eigenvalue weighted by Gasteiger charge is 2.06. The Kier molecular flexibility index (Phi) is 6.69. The molecule has 24 heavy (non-hydrogen) atoms. The number of carbonyl (C=O) groups excluding carboxylic acids is 2. The van der Waals surface area contributed by atoms with Crippen molar-refractivity contribution in [2.75, 3.05) is 6.61 Å². The molecule has 0 unspecified atom stereocenters. The molecule has 0 bridgehead atoms. The molecule has 4 nitrogen and oxygen atoms in total. The van der Waals surface area contributed by atoms with Gasteiger partial charge in [-0.1, -0.05) is 46.3 Å². The molecule has 0 radical (unpaired) electrons. The third-order valence-electron chi connectivity index (χ3n) is 3.04. The van der Waals surface area contributed by atoms with Gasteiger partial charge in [0.05, 0.1) is 0 Å². The van der Waals surface area contributed by atoms with E-state index in [-0.39, 0.29) is 6.54 Å². The van der Waals surface area contributed by atoms with Crippen molar-refractivity contribution in [3.05, 3.63) is 76.0 Å². The molecule has 0 atom stereocenters. The average molecular weight is 392 g/mol. The number of nitrogens with one attached hydrogen (secondary N) is 1. The van der Waals surface area contributed by atoms with Crippen LogP contribution < -0.4 is 5.32 Å². The molecule has 1 amide bonds. The maximum Gasteiger partial charge on any atom is 0.331 e. The fourth-order valence-corrected chi connectivity index (χ4v) is 2.26. The summed E-state index contributed by atoms with van der Waals surface area (Å²) >= 11 is 3.33. The zero-order valence-corrected chi connectivity index (χ0v) is 14.3. The second-order valence-electron chi connectivity index (χ2n) is 4.86. The fraction of sp³-hybridized carbons (Fsp3) is 0.111. The predicted molar refractivity (Wildman–Crippen MR) is 92.4 cm³/mol. The van der Waals surface area contributed by atoms with Crippen LogP contribution in [-0.2, 0) is 20.9 Å². The van der Waals surface area contributed by atoms with E-state index in [1.807, 2.05) is 24.3 Å². The number of hydrogen-bond acceptors (Lipinski definition) is 3. The van der Waals surface area contributed by atoms with Gasteiger partial charge < -0.3 is 10.1 Å². The first-order valence-electron chi connectivity index (χ1n) is 7.15. The van der Waals surface area contributed by atoms with E-state index in [9.17, 15) is 14.0 Å². The summed E-state index contributed by atoms with van der Waals surface area (Å²) in [6, 6.07) is 13.5. The SMILES string of the molecule is O=C(COC(=O)/C=C/c1cccc(Br)c1)NCc1ccccc1F. The van der Waals surface area contributed by atoms with Crippen molar-refractivity contribution in [2.24, 2.45) is 0 Å². The second kappa shape index (κ2) is 8.98. The number of benzene rings is 2. The Labute approximate surface area is 147 Å². The third kappa shape index (κ3) is 5.96. The lowest BCUT2D eigenvalue weighted by Crippen LogP contribution is -2.28. The first-order chi connectivity index (χ1) is 11.5. The van der Waals surface area contributed by atoms with Gasteiger partial charge in [-0.2, -0.15) is 0 Å². The maximum absolute atomic E-state index is 13.4. The van der Waals surface area contributed by atoms with Gasteiger partial charge >= 0.3 is 5.97 Å². The summed E-state index contributed by atoms with van der Waals surface area (Å²) in [5.74, 6) is -1.52. The molecule has 0 aliphatic heterocycles. The van der Waals surface area contributed by atoms with E-state index >= 15 is 0 Å². The van der Waals surface area contributed by atoms with E-state index < -0.39 is 24.3 Å². The number of esters is 1. The number of halogens is 2. The molecule has 2 aromatic carbocycles. The molecule has 0 aliphatic carbocycles. The van der Waals surface area contributed by atoms with Crippen molar-refractivity contribution >= 4 is 33.9 Å². The van der Waals surface area contributed by atoms with Crippen LogP contribution in [0.4, 0.5) is 4.39 Å². The molecule has 0 fully saturated rings. The molecular weight excluding hydrogens is 377 g/mol. The molecule has 6 heteroatoms. The van der Waals surface area contributed by atoms with Crippen molar-refractivity contribution in [1.82, 2.24) is 5.32 Å². The summed E-state index contributed by atoms with van der Waals surface area (Å²) in [6.07, 6.45) is 2.83. The monoisotopic (exact) mass is 391 g/mol.